The van der Waals surface area contributed by atoms with Crippen molar-refractivity contribution in [3.63, 3.8) is 0 Å². The summed E-state index contributed by atoms with van der Waals surface area (Å²) in [5, 5.41) is 0. The highest BCUT2D eigenvalue weighted by Gasteiger charge is 2.36. The molecule has 0 bridgehead atoms. The van der Waals surface area contributed by atoms with E-state index in [0.717, 1.165) is 33.8 Å². The van der Waals surface area contributed by atoms with Crippen molar-refractivity contribution in [1.82, 2.24) is 9.38 Å². The average Bonchev–Trinajstić information content (AvgIpc) is 3.33. The van der Waals surface area contributed by atoms with E-state index >= 15 is 0 Å². The van der Waals surface area contributed by atoms with Crippen LogP contribution in [0.15, 0.2) is 128 Å². The van der Waals surface area contributed by atoms with Crippen LogP contribution < -0.4 is 4.90 Å². The molecule has 2 aromatic heterocycles. The second kappa shape index (κ2) is 8.21. The molecule has 178 valence electrons. The van der Waals surface area contributed by atoms with Gasteiger partial charge in [-0.1, -0.05) is 111 Å². The van der Waals surface area contributed by atoms with Crippen molar-refractivity contribution in [3.05, 3.63) is 139 Å². The summed E-state index contributed by atoms with van der Waals surface area (Å²) in [4.78, 5) is 7.50. The molecule has 4 aromatic carbocycles. The summed E-state index contributed by atoms with van der Waals surface area (Å²) in [6, 6.07) is 42.9. The van der Waals surface area contributed by atoms with Gasteiger partial charge in [0.2, 0.25) is 0 Å². The topological polar surface area (TPSA) is 20.5 Å². The van der Waals surface area contributed by atoms with Gasteiger partial charge in [0.05, 0.1) is 28.5 Å². The summed E-state index contributed by atoms with van der Waals surface area (Å²) < 4.78 is 2.25. The van der Waals surface area contributed by atoms with Gasteiger partial charge >= 0.3 is 0 Å². The van der Waals surface area contributed by atoms with E-state index < -0.39 is 0 Å². The van der Waals surface area contributed by atoms with Crippen LogP contribution in [0.4, 0.5) is 17.1 Å². The van der Waals surface area contributed by atoms with Crippen molar-refractivity contribution < 1.29 is 0 Å². The fourth-order valence-corrected chi connectivity index (χ4v) is 5.78. The van der Waals surface area contributed by atoms with Gasteiger partial charge in [0.25, 0.3) is 0 Å². The van der Waals surface area contributed by atoms with Gasteiger partial charge in [0.1, 0.15) is 5.65 Å². The van der Waals surface area contributed by atoms with Crippen LogP contribution in [-0.2, 0) is 5.41 Å². The molecule has 7 rings (SSSR count). The van der Waals surface area contributed by atoms with Crippen molar-refractivity contribution in [2.75, 3.05) is 4.90 Å². The Hall–Kier alpha value is -4.63. The molecule has 0 atom stereocenters. The van der Waals surface area contributed by atoms with E-state index in [1.807, 2.05) is 6.07 Å². The highest BCUT2D eigenvalue weighted by molar-refractivity contribution is 5.87. The molecule has 0 spiro atoms. The van der Waals surface area contributed by atoms with Gasteiger partial charge in [0, 0.05) is 22.7 Å². The first-order valence-electron chi connectivity index (χ1n) is 12.7. The van der Waals surface area contributed by atoms with E-state index in [2.05, 4.69) is 145 Å². The first-order chi connectivity index (χ1) is 18.1. The summed E-state index contributed by atoms with van der Waals surface area (Å²) >= 11 is 0. The number of fused-ring (bicyclic) bond motifs is 3. The van der Waals surface area contributed by atoms with E-state index in [4.69, 9.17) is 4.98 Å². The number of hydrogen-bond donors (Lipinski definition) is 0. The summed E-state index contributed by atoms with van der Waals surface area (Å²) in [7, 11) is 0. The summed E-state index contributed by atoms with van der Waals surface area (Å²) in [6.07, 6.45) is 2.24. The van der Waals surface area contributed by atoms with E-state index in [-0.39, 0.29) is 5.41 Å². The molecular weight excluding hydrogens is 450 g/mol. The lowest BCUT2D eigenvalue weighted by atomic mass is 9.73. The Morgan fingerprint density at radius 1 is 0.568 bits per heavy atom. The first-order valence-corrected chi connectivity index (χ1v) is 12.7. The fourth-order valence-electron chi connectivity index (χ4n) is 5.78. The number of nitrogens with zero attached hydrogens (tertiary/aromatic N) is 3. The predicted molar refractivity (Wildman–Crippen MR) is 153 cm³/mol. The lowest BCUT2D eigenvalue weighted by Crippen LogP contribution is -2.30. The number of benzene rings is 4. The third-order valence-corrected chi connectivity index (χ3v) is 7.59. The lowest BCUT2D eigenvalue weighted by molar-refractivity contribution is 0.632. The maximum atomic E-state index is 5.10. The Balaban J connectivity index is 1.50. The van der Waals surface area contributed by atoms with Gasteiger partial charge in [0.15, 0.2) is 0 Å². The van der Waals surface area contributed by atoms with Gasteiger partial charge in [-0.05, 0) is 35.4 Å². The van der Waals surface area contributed by atoms with Gasteiger partial charge in [-0.15, -0.1) is 0 Å². The number of anilines is 3. The van der Waals surface area contributed by atoms with Gasteiger partial charge in [-0.25, -0.2) is 4.98 Å². The van der Waals surface area contributed by atoms with E-state index in [1.165, 1.54) is 22.5 Å². The molecular formula is C34H27N3. The van der Waals surface area contributed by atoms with Crippen LogP contribution >= 0.6 is 0 Å². The average molecular weight is 478 g/mol. The molecule has 37 heavy (non-hydrogen) atoms. The maximum absolute atomic E-state index is 5.10. The minimum atomic E-state index is -0.0848. The molecule has 3 heteroatoms. The van der Waals surface area contributed by atoms with Crippen molar-refractivity contribution in [2.45, 2.75) is 19.3 Å². The Morgan fingerprint density at radius 2 is 1.11 bits per heavy atom. The second-order valence-electron chi connectivity index (χ2n) is 10.2. The molecule has 1 aliphatic rings. The van der Waals surface area contributed by atoms with Crippen LogP contribution in [0.1, 0.15) is 25.0 Å². The lowest BCUT2D eigenvalue weighted by Gasteiger charge is -2.41. The van der Waals surface area contributed by atoms with Crippen molar-refractivity contribution in [3.8, 4) is 22.5 Å². The summed E-state index contributed by atoms with van der Waals surface area (Å²) in [6.45, 7) is 4.64. The van der Waals surface area contributed by atoms with Gasteiger partial charge < -0.3 is 4.90 Å². The molecule has 6 aromatic rings. The largest absolute Gasteiger partial charge is 0.308 e. The fraction of sp³-hybridized carbons (Fsp3) is 0.0882. The molecule has 3 heterocycles. The molecule has 3 nitrogen and oxygen atoms in total. The quantitative estimate of drug-likeness (QED) is 0.254. The molecule has 0 radical (unpaired) electrons. The first kappa shape index (κ1) is 21.6. The number of hydrogen-bond acceptors (Lipinski definition) is 2. The zero-order valence-corrected chi connectivity index (χ0v) is 21.0. The molecule has 0 unspecified atom stereocenters. The van der Waals surface area contributed by atoms with Crippen molar-refractivity contribution in [1.29, 1.82) is 0 Å². The highest BCUT2D eigenvalue weighted by atomic mass is 15.2. The predicted octanol–water partition coefficient (Wildman–Crippen LogP) is 8.78. The number of aromatic nitrogens is 2. The van der Waals surface area contributed by atoms with Crippen molar-refractivity contribution >= 4 is 22.7 Å². The highest BCUT2D eigenvalue weighted by Crippen LogP contribution is 2.51. The smallest absolute Gasteiger partial charge is 0.138 e. The zero-order chi connectivity index (χ0) is 25.0. The van der Waals surface area contributed by atoms with Gasteiger partial charge in [-0.2, -0.15) is 0 Å². The standard InChI is InChI=1S/C34H27N3/c1-34(2)27-17-9-11-19-29(27)37(30-20-12-10-18-28(30)34)26-21-22-31-35-32(24-13-5-3-6-14-24)33(36(31)23-26)25-15-7-4-8-16-25/h3-23H,1-2H3. The Labute approximate surface area is 217 Å². The van der Waals surface area contributed by atoms with Crippen LogP contribution in [0, 0.1) is 0 Å². The Bertz CT molecular complexity index is 1700. The van der Waals surface area contributed by atoms with E-state index in [9.17, 15) is 0 Å². The van der Waals surface area contributed by atoms with Crippen LogP contribution in [0.2, 0.25) is 0 Å². The van der Waals surface area contributed by atoms with Crippen LogP contribution in [0.5, 0.6) is 0 Å². The summed E-state index contributed by atoms with van der Waals surface area (Å²) in [5.74, 6) is 0. The van der Waals surface area contributed by atoms with Crippen molar-refractivity contribution in [2.24, 2.45) is 0 Å². The monoisotopic (exact) mass is 477 g/mol. The van der Waals surface area contributed by atoms with E-state index in [1.54, 1.807) is 0 Å². The van der Waals surface area contributed by atoms with Crippen LogP contribution in [0.25, 0.3) is 28.2 Å². The normalized spacial score (nSPS) is 13.8. The number of rotatable bonds is 3. The zero-order valence-electron chi connectivity index (χ0n) is 21.0. The number of imidazole rings is 1. The maximum Gasteiger partial charge on any atom is 0.138 e. The second-order valence-corrected chi connectivity index (χ2v) is 10.2. The molecule has 0 fully saturated rings. The van der Waals surface area contributed by atoms with Crippen LogP contribution in [0.3, 0.4) is 0 Å². The third kappa shape index (κ3) is 3.31. The Morgan fingerprint density at radius 3 is 1.73 bits per heavy atom. The van der Waals surface area contributed by atoms with Crippen LogP contribution in [-0.4, -0.2) is 9.38 Å². The minimum absolute atomic E-state index is 0.0848. The summed E-state index contributed by atoms with van der Waals surface area (Å²) in [5.41, 5.74) is 11.4. The SMILES string of the molecule is CC1(C)c2ccccc2N(c2ccc3nc(-c4ccccc4)c(-c4ccccc4)n3c2)c2ccccc21. The molecule has 0 amide bonds. The molecule has 0 aliphatic carbocycles. The molecule has 1 aliphatic heterocycles. The molecule has 0 saturated carbocycles. The third-order valence-electron chi connectivity index (χ3n) is 7.59. The van der Waals surface area contributed by atoms with E-state index in [0.29, 0.717) is 0 Å². The molecule has 0 saturated heterocycles. The van der Waals surface area contributed by atoms with Gasteiger partial charge in [-0.3, -0.25) is 4.40 Å². The number of para-hydroxylation sites is 2. The number of pyridine rings is 1. The molecule has 0 N–H and O–H groups in total. The Kier molecular flexibility index (Phi) is 4.80. The minimum Gasteiger partial charge on any atom is -0.308 e.